The monoisotopic (exact) mass is 639 g/mol. The van der Waals surface area contributed by atoms with Gasteiger partial charge in [-0.05, 0) is 68.3 Å². The Morgan fingerprint density at radius 1 is 1.00 bits per heavy atom. The Morgan fingerprint density at radius 3 is 2.16 bits per heavy atom. The highest BCUT2D eigenvalue weighted by Gasteiger charge is 2.37. The van der Waals surface area contributed by atoms with Crippen molar-refractivity contribution in [1.82, 2.24) is 10.2 Å². The highest BCUT2D eigenvalue weighted by Crippen LogP contribution is 2.38. The Hall–Kier alpha value is -3.77. The number of carbonyl (C=O) groups is 2. The first kappa shape index (κ1) is 33.7. The molecule has 0 radical (unpaired) electrons. The molecule has 0 fully saturated rings. The van der Waals surface area contributed by atoms with Gasteiger partial charge in [-0.1, -0.05) is 48.4 Å². The van der Waals surface area contributed by atoms with Crippen LogP contribution in [0.2, 0.25) is 5.02 Å². The first-order chi connectivity index (χ1) is 20.2. The van der Waals surface area contributed by atoms with Crippen LogP contribution in [0.25, 0.3) is 0 Å². The number of aryl methyl sites for hydroxylation is 1. The number of likely N-dealkylation sites (N-methyl/N-ethyl adjacent to an activating group) is 1. The molecule has 43 heavy (non-hydrogen) atoms. The third-order valence-electron chi connectivity index (χ3n) is 6.68. The minimum atomic E-state index is -4.89. The lowest BCUT2D eigenvalue weighted by Gasteiger charge is -2.33. The van der Waals surface area contributed by atoms with Crippen LogP contribution < -0.4 is 14.4 Å². The summed E-state index contributed by atoms with van der Waals surface area (Å²) in [5, 5.41) is 2.06. The van der Waals surface area contributed by atoms with E-state index in [1.807, 2.05) is 0 Å². The number of hydrogen-bond donors (Lipinski definition) is 1. The quantitative estimate of drug-likeness (QED) is 0.270. The highest BCUT2D eigenvalue weighted by molar-refractivity contribution is 7.92. The van der Waals surface area contributed by atoms with Crippen LogP contribution in [0.3, 0.4) is 0 Å². The summed E-state index contributed by atoms with van der Waals surface area (Å²) in [5.41, 5.74) is -0.297. The van der Waals surface area contributed by atoms with E-state index in [2.05, 4.69) is 5.32 Å². The average molecular weight is 640 g/mol. The Labute approximate surface area is 254 Å². The second-order valence-corrected chi connectivity index (χ2v) is 11.9. The van der Waals surface area contributed by atoms with Crippen molar-refractivity contribution in [2.75, 3.05) is 24.5 Å². The molecule has 1 atom stereocenters. The Morgan fingerprint density at radius 2 is 1.63 bits per heavy atom. The van der Waals surface area contributed by atoms with E-state index in [1.165, 1.54) is 36.3 Å². The Kier molecular flexibility index (Phi) is 11.1. The van der Waals surface area contributed by atoms with Crippen LogP contribution >= 0.6 is 11.6 Å². The fraction of sp³-hybridized carbons (Fsp3) is 0.333. The molecule has 0 aromatic heterocycles. The topological polar surface area (TPSA) is 96.0 Å². The van der Waals surface area contributed by atoms with Crippen LogP contribution in [0, 0.1) is 6.92 Å². The number of benzene rings is 3. The summed E-state index contributed by atoms with van der Waals surface area (Å²) in [6.07, 6.45) is -4.69. The van der Waals surface area contributed by atoms with Crippen LogP contribution in [-0.4, -0.2) is 51.4 Å². The molecule has 3 aromatic carbocycles. The van der Waals surface area contributed by atoms with Gasteiger partial charge < -0.3 is 15.0 Å². The number of carbonyl (C=O) groups excluding carboxylic acids is 2. The normalized spacial score (nSPS) is 12.4. The van der Waals surface area contributed by atoms with Crippen molar-refractivity contribution in [1.29, 1.82) is 0 Å². The number of rotatable bonds is 12. The predicted octanol–water partition coefficient (Wildman–Crippen LogP) is 5.81. The Bertz CT molecular complexity index is 1530. The summed E-state index contributed by atoms with van der Waals surface area (Å²) in [6.45, 7) is 4.49. The molecule has 13 heteroatoms. The number of halogens is 4. The maximum atomic E-state index is 14.0. The molecule has 0 spiro atoms. The molecule has 1 unspecified atom stereocenters. The molecule has 2 amide bonds. The van der Waals surface area contributed by atoms with Crippen molar-refractivity contribution in [2.24, 2.45) is 0 Å². The summed E-state index contributed by atoms with van der Waals surface area (Å²) in [6, 6.07) is 14.1. The number of alkyl halides is 3. The molecule has 0 aliphatic heterocycles. The second kappa shape index (κ2) is 14.1. The first-order valence-corrected chi connectivity index (χ1v) is 15.2. The fourth-order valence-electron chi connectivity index (χ4n) is 4.39. The van der Waals surface area contributed by atoms with Gasteiger partial charge in [0.15, 0.2) is 0 Å². The van der Waals surface area contributed by atoms with E-state index in [0.717, 1.165) is 17.7 Å². The van der Waals surface area contributed by atoms with Gasteiger partial charge in [0.25, 0.3) is 10.0 Å². The zero-order valence-corrected chi connectivity index (χ0v) is 25.7. The van der Waals surface area contributed by atoms with Crippen molar-refractivity contribution in [3.8, 4) is 5.75 Å². The molecule has 8 nitrogen and oxygen atoms in total. The second-order valence-electron chi connectivity index (χ2n) is 9.67. The van der Waals surface area contributed by atoms with Gasteiger partial charge in [0.2, 0.25) is 11.8 Å². The number of amides is 2. The van der Waals surface area contributed by atoms with Crippen LogP contribution in [0.15, 0.2) is 71.6 Å². The van der Waals surface area contributed by atoms with E-state index in [9.17, 15) is 31.2 Å². The summed E-state index contributed by atoms with van der Waals surface area (Å²) < 4.78 is 74.9. The van der Waals surface area contributed by atoms with Gasteiger partial charge in [-0.3, -0.25) is 13.9 Å². The molecule has 0 aliphatic rings. The van der Waals surface area contributed by atoms with E-state index in [0.29, 0.717) is 28.2 Å². The van der Waals surface area contributed by atoms with Crippen molar-refractivity contribution < 1.29 is 35.9 Å². The van der Waals surface area contributed by atoms with Crippen LogP contribution in [-0.2, 0) is 32.3 Å². The van der Waals surface area contributed by atoms with E-state index in [-0.39, 0.29) is 17.9 Å². The van der Waals surface area contributed by atoms with Gasteiger partial charge in [-0.15, -0.1) is 0 Å². The van der Waals surface area contributed by atoms with E-state index in [1.54, 1.807) is 45.0 Å². The fourth-order valence-corrected chi connectivity index (χ4v) is 6.02. The maximum absolute atomic E-state index is 14.0. The van der Waals surface area contributed by atoms with Gasteiger partial charge in [-0.25, -0.2) is 8.42 Å². The van der Waals surface area contributed by atoms with Gasteiger partial charge >= 0.3 is 6.18 Å². The lowest BCUT2D eigenvalue weighted by atomic mass is 10.1. The molecule has 0 heterocycles. The third-order valence-corrected chi connectivity index (χ3v) is 8.80. The van der Waals surface area contributed by atoms with Crippen molar-refractivity contribution in [2.45, 2.75) is 50.9 Å². The van der Waals surface area contributed by atoms with Crippen molar-refractivity contribution in [3.63, 3.8) is 0 Å². The maximum Gasteiger partial charge on any atom is 0.417 e. The minimum Gasteiger partial charge on any atom is -0.497 e. The standard InChI is InChI=1S/C30H33ClF3N3O5S/c1-5-27(29(39)35-6-2)36(18-21-9-12-23(42-4)13-10-21)28(38)19-37(43(40,41)24-14-7-20(3)8-15-24)22-11-16-26(31)25(17-22)30(32,33)34/h7-17,27H,5-6,18-19H2,1-4H3,(H,35,39). The summed E-state index contributed by atoms with van der Waals surface area (Å²) in [4.78, 5) is 28.0. The predicted molar refractivity (Wildman–Crippen MR) is 158 cm³/mol. The molecular formula is C30H33ClF3N3O5S. The molecule has 0 aliphatic carbocycles. The molecule has 1 N–H and O–H groups in total. The van der Waals surface area contributed by atoms with Crippen LogP contribution in [0.5, 0.6) is 5.75 Å². The molecule has 0 bridgehead atoms. The zero-order chi connectivity index (χ0) is 31.9. The van der Waals surface area contributed by atoms with Gasteiger partial charge in [-0.2, -0.15) is 13.2 Å². The number of anilines is 1. The first-order valence-electron chi connectivity index (χ1n) is 13.4. The number of nitrogens with zero attached hydrogens (tertiary/aromatic N) is 2. The average Bonchev–Trinajstić information content (AvgIpc) is 2.96. The van der Waals surface area contributed by atoms with E-state index in [4.69, 9.17) is 16.3 Å². The van der Waals surface area contributed by atoms with Gasteiger partial charge in [0.1, 0.15) is 18.3 Å². The molecular weight excluding hydrogens is 607 g/mol. The number of sulfonamides is 1. The number of methoxy groups -OCH3 is 1. The van der Waals surface area contributed by atoms with Crippen LogP contribution in [0.4, 0.5) is 18.9 Å². The van der Waals surface area contributed by atoms with Crippen molar-refractivity contribution in [3.05, 3.63) is 88.4 Å². The van der Waals surface area contributed by atoms with Gasteiger partial charge in [0, 0.05) is 13.1 Å². The number of nitrogens with one attached hydrogen (secondary N) is 1. The number of hydrogen-bond acceptors (Lipinski definition) is 5. The summed E-state index contributed by atoms with van der Waals surface area (Å²) in [7, 11) is -3.06. The molecule has 232 valence electrons. The molecule has 0 saturated carbocycles. The number of ether oxygens (including phenoxy) is 1. The van der Waals surface area contributed by atoms with E-state index >= 15 is 0 Å². The zero-order valence-electron chi connectivity index (χ0n) is 24.1. The minimum absolute atomic E-state index is 0.0781. The summed E-state index contributed by atoms with van der Waals surface area (Å²) in [5.74, 6) is -0.685. The molecule has 3 aromatic rings. The molecule has 3 rings (SSSR count). The smallest absolute Gasteiger partial charge is 0.417 e. The highest BCUT2D eigenvalue weighted by atomic mass is 35.5. The SMILES string of the molecule is CCNC(=O)C(CC)N(Cc1ccc(OC)cc1)C(=O)CN(c1ccc(Cl)c(C(F)(F)F)c1)S(=O)(=O)c1ccc(C)cc1. The molecule has 0 saturated heterocycles. The van der Waals surface area contributed by atoms with Crippen molar-refractivity contribution >= 4 is 39.1 Å². The Balaban J connectivity index is 2.14. The van der Waals surface area contributed by atoms with Crippen LogP contribution in [0.1, 0.15) is 37.0 Å². The lowest BCUT2D eigenvalue weighted by Crippen LogP contribution is -2.52. The summed E-state index contributed by atoms with van der Waals surface area (Å²) >= 11 is 5.81. The van der Waals surface area contributed by atoms with E-state index < -0.39 is 56.9 Å². The third kappa shape index (κ3) is 8.20. The van der Waals surface area contributed by atoms with Gasteiger partial charge in [0.05, 0.1) is 28.3 Å². The largest absolute Gasteiger partial charge is 0.497 e. The lowest BCUT2D eigenvalue weighted by molar-refractivity contribution is -0.140.